The van der Waals surface area contributed by atoms with Crippen LogP contribution in [-0.4, -0.2) is 30.4 Å². The van der Waals surface area contributed by atoms with Crippen molar-refractivity contribution in [2.45, 2.75) is 25.7 Å². The fourth-order valence-electron chi connectivity index (χ4n) is 3.74. The zero-order chi connectivity index (χ0) is 17.5. The first kappa shape index (κ1) is 20.5. The first-order valence-corrected chi connectivity index (χ1v) is 9.30. The van der Waals surface area contributed by atoms with Gasteiger partial charge in [-0.05, 0) is 48.8 Å². The molecular formula is C22H29ClN2O. The highest BCUT2D eigenvalue weighted by atomic mass is 35.5. The summed E-state index contributed by atoms with van der Waals surface area (Å²) in [5.41, 5.74) is 8.37. The van der Waals surface area contributed by atoms with E-state index in [9.17, 15) is 4.79 Å². The molecule has 1 heterocycles. The van der Waals surface area contributed by atoms with Crippen LogP contribution in [0, 0.1) is 11.8 Å². The fourth-order valence-corrected chi connectivity index (χ4v) is 3.74. The molecule has 0 saturated carbocycles. The predicted octanol–water partition coefficient (Wildman–Crippen LogP) is 3.71. The minimum Gasteiger partial charge on any atom is -0.342 e. The van der Waals surface area contributed by atoms with E-state index in [-0.39, 0.29) is 18.3 Å². The molecule has 0 aliphatic carbocycles. The van der Waals surface area contributed by atoms with Gasteiger partial charge in [0.15, 0.2) is 0 Å². The molecule has 2 aromatic carbocycles. The molecule has 1 fully saturated rings. The zero-order valence-corrected chi connectivity index (χ0v) is 16.0. The molecule has 1 saturated heterocycles. The molecule has 26 heavy (non-hydrogen) atoms. The number of hydrogen-bond acceptors (Lipinski definition) is 2. The molecule has 2 N–H and O–H groups in total. The Balaban J connectivity index is 0.00000243. The third kappa shape index (κ3) is 5.86. The number of carbonyl (C=O) groups is 1. The third-order valence-corrected chi connectivity index (χ3v) is 5.17. The van der Waals surface area contributed by atoms with Gasteiger partial charge in [0.2, 0.25) is 5.91 Å². The van der Waals surface area contributed by atoms with Crippen LogP contribution in [0.4, 0.5) is 0 Å². The summed E-state index contributed by atoms with van der Waals surface area (Å²) >= 11 is 0. The fraction of sp³-hybridized carbons (Fsp3) is 0.409. The summed E-state index contributed by atoms with van der Waals surface area (Å²) in [6.45, 7) is 2.38. The van der Waals surface area contributed by atoms with Crippen molar-refractivity contribution in [3.63, 3.8) is 0 Å². The molecule has 0 aromatic heterocycles. The minimum absolute atomic E-state index is 0. The van der Waals surface area contributed by atoms with Gasteiger partial charge in [0.1, 0.15) is 0 Å². The lowest BCUT2D eigenvalue weighted by Crippen LogP contribution is -2.32. The highest BCUT2D eigenvalue weighted by molar-refractivity contribution is 5.85. The van der Waals surface area contributed by atoms with Crippen LogP contribution in [0.1, 0.15) is 24.0 Å². The molecule has 3 rings (SSSR count). The van der Waals surface area contributed by atoms with E-state index in [1.807, 2.05) is 17.0 Å². The van der Waals surface area contributed by atoms with Gasteiger partial charge in [0.25, 0.3) is 0 Å². The third-order valence-electron chi connectivity index (χ3n) is 5.17. The van der Waals surface area contributed by atoms with Gasteiger partial charge in [-0.25, -0.2) is 0 Å². The number of carbonyl (C=O) groups excluding carboxylic acids is 1. The largest absolute Gasteiger partial charge is 0.342 e. The lowest BCUT2D eigenvalue weighted by atomic mass is 9.89. The van der Waals surface area contributed by atoms with Crippen LogP contribution < -0.4 is 5.73 Å². The average molecular weight is 373 g/mol. The second-order valence-corrected chi connectivity index (χ2v) is 7.18. The second-order valence-electron chi connectivity index (χ2n) is 7.18. The molecule has 1 aliphatic heterocycles. The monoisotopic (exact) mass is 372 g/mol. The molecule has 2 aromatic rings. The van der Waals surface area contributed by atoms with E-state index in [2.05, 4.69) is 48.5 Å². The number of amides is 1. The van der Waals surface area contributed by atoms with E-state index in [1.165, 1.54) is 11.1 Å². The van der Waals surface area contributed by atoms with Crippen molar-refractivity contribution in [3.05, 3.63) is 71.8 Å². The maximum atomic E-state index is 12.8. The van der Waals surface area contributed by atoms with E-state index >= 15 is 0 Å². The average Bonchev–Trinajstić information content (AvgIpc) is 3.13. The van der Waals surface area contributed by atoms with Crippen LogP contribution >= 0.6 is 12.4 Å². The van der Waals surface area contributed by atoms with Gasteiger partial charge in [-0.3, -0.25) is 4.79 Å². The van der Waals surface area contributed by atoms with E-state index in [1.54, 1.807) is 0 Å². The Hall–Kier alpha value is -1.84. The van der Waals surface area contributed by atoms with Crippen molar-refractivity contribution in [1.82, 2.24) is 4.90 Å². The number of hydrogen-bond donors (Lipinski definition) is 1. The maximum Gasteiger partial charge on any atom is 0.222 e. The summed E-state index contributed by atoms with van der Waals surface area (Å²) in [5, 5.41) is 0. The van der Waals surface area contributed by atoms with E-state index in [0.717, 1.165) is 32.4 Å². The maximum absolute atomic E-state index is 12.8. The van der Waals surface area contributed by atoms with Gasteiger partial charge in [-0.1, -0.05) is 60.7 Å². The van der Waals surface area contributed by atoms with Crippen LogP contribution in [0.15, 0.2) is 60.7 Å². The smallest absolute Gasteiger partial charge is 0.222 e. The van der Waals surface area contributed by atoms with Crippen LogP contribution in [0.25, 0.3) is 0 Å². The topological polar surface area (TPSA) is 46.3 Å². The molecule has 1 aliphatic rings. The van der Waals surface area contributed by atoms with Gasteiger partial charge in [0, 0.05) is 19.5 Å². The van der Waals surface area contributed by atoms with Crippen molar-refractivity contribution in [3.8, 4) is 0 Å². The van der Waals surface area contributed by atoms with E-state index in [4.69, 9.17) is 5.73 Å². The van der Waals surface area contributed by atoms with Crippen molar-refractivity contribution < 1.29 is 4.79 Å². The van der Waals surface area contributed by atoms with E-state index < -0.39 is 0 Å². The van der Waals surface area contributed by atoms with Crippen LogP contribution in [0.2, 0.25) is 0 Å². The summed E-state index contributed by atoms with van der Waals surface area (Å²) < 4.78 is 0. The first-order valence-electron chi connectivity index (χ1n) is 9.30. The molecule has 0 radical (unpaired) electrons. The first-order chi connectivity index (χ1) is 12.2. The summed E-state index contributed by atoms with van der Waals surface area (Å²) in [6, 6.07) is 21.0. The summed E-state index contributed by atoms with van der Waals surface area (Å²) in [4.78, 5) is 14.8. The van der Waals surface area contributed by atoms with Crippen molar-refractivity contribution in [2.24, 2.45) is 17.6 Å². The van der Waals surface area contributed by atoms with Crippen molar-refractivity contribution >= 4 is 18.3 Å². The second kappa shape index (κ2) is 10.3. The standard InChI is InChI=1S/C22H28N2O.ClH/c23-16-20-11-12-24(17-20)22(25)15-21(13-18-7-3-1-4-8-18)14-19-9-5-2-6-10-19;/h1-10,20-21H,11-17,23H2;1H. The molecule has 0 bridgehead atoms. The number of benzene rings is 2. The Morgan fingerprint density at radius 2 is 1.54 bits per heavy atom. The van der Waals surface area contributed by atoms with Gasteiger partial charge in [-0.15, -0.1) is 12.4 Å². The van der Waals surface area contributed by atoms with E-state index in [0.29, 0.717) is 24.8 Å². The van der Waals surface area contributed by atoms with Crippen molar-refractivity contribution in [1.29, 1.82) is 0 Å². The Morgan fingerprint density at radius 3 is 2.00 bits per heavy atom. The van der Waals surface area contributed by atoms with Crippen molar-refractivity contribution in [2.75, 3.05) is 19.6 Å². The Morgan fingerprint density at radius 1 is 1.00 bits per heavy atom. The highest BCUT2D eigenvalue weighted by Gasteiger charge is 2.27. The van der Waals surface area contributed by atoms with Crippen LogP contribution in [0.5, 0.6) is 0 Å². The quantitative estimate of drug-likeness (QED) is 0.805. The van der Waals surface area contributed by atoms with Gasteiger partial charge in [-0.2, -0.15) is 0 Å². The number of nitrogens with two attached hydrogens (primary N) is 1. The number of halogens is 1. The normalized spacial score (nSPS) is 16.5. The zero-order valence-electron chi connectivity index (χ0n) is 15.2. The summed E-state index contributed by atoms with van der Waals surface area (Å²) in [5.74, 6) is 1.09. The Labute approximate surface area is 163 Å². The SMILES string of the molecule is Cl.NCC1CCN(C(=O)CC(Cc2ccccc2)Cc2ccccc2)C1. The van der Waals surface area contributed by atoms with Crippen LogP contribution in [0.3, 0.4) is 0 Å². The predicted molar refractivity (Wildman–Crippen MR) is 109 cm³/mol. The van der Waals surface area contributed by atoms with Gasteiger partial charge >= 0.3 is 0 Å². The summed E-state index contributed by atoms with van der Waals surface area (Å²) in [7, 11) is 0. The van der Waals surface area contributed by atoms with Gasteiger partial charge in [0.05, 0.1) is 0 Å². The molecule has 140 valence electrons. The Kier molecular flexibility index (Phi) is 8.14. The number of nitrogens with zero attached hydrogens (tertiary/aromatic N) is 1. The van der Waals surface area contributed by atoms with Gasteiger partial charge < -0.3 is 10.6 Å². The lowest BCUT2D eigenvalue weighted by Gasteiger charge is -2.22. The van der Waals surface area contributed by atoms with Crippen LogP contribution in [-0.2, 0) is 17.6 Å². The summed E-state index contributed by atoms with van der Waals surface area (Å²) in [6.07, 6.45) is 3.54. The molecule has 1 atom stereocenters. The molecular weight excluding hydrogens is 344 g/mol. The molecule has 0 spiro atoms. The highest BCUT2D eigenvalue weighted by Crippen LogP contribution is 2.22. The molecule has 4 heteroatoms. The minimum atomic E-state index is 0. The lowest BCUT2D eigenvalue weighted by molar-refractivity contribution is -0.131. The number of rotatable bonds is 7. The Bertz CT molecular complexity index is 621. The molecule has 3 nitrogen and oxygen atoms in total. The molecule has 1 unspecified atom stereocenters. The number of likely N-dealkylation sites (tertiary alicyclic amines) is 1. The molecule has 1 amide bonds.